The second-order valence-electron chi connectivity index (χ2n) is 3.83. The third-order valence-corrected chi connectivity index (χ3v) is 2.88. The van der Waals surface area contributed by atoms with Gasteiger partial charge in [0, 0.05) is 5.56 Å². The summed E-state index contributed by atoms with van der Waals surface area (Å²) in [5.74, 6) is -1.12. The van der Waals surface area contributed by atoms with Crippen molar-refractivity contribution in [3.8, 4) is 0 Å². The highest BCUT2D eigenvalue weighted by Gasteiger charge is 2.20. The van der Waals surface area contributed by atoms with Gasteiger partial charge in [-0.05, 0) is 18.2 Å². The van der Waals surface area contributed by atoms with Crippen LogP contribution < -0.4 is 5.32 Å². The number of aliphatic hydroxyl groups excluding tert-OH is 1. The molecule has 1 aromatic heterocycles. The summed E-state index contributed by atoms with van der Waals surface area (Å²) < 4.78 is 18.7. The van der Waals surface area contributed by atoms with Crippen molar-refractivity contribution < 1.29 is 18.7 Å². The number of rotatable bonds is 4. The van der Waals surface area contributed by atoms with Gasteiger partial charge in [0.05, 0.1) is 23.9 Å². The molecule has 6 heteroatoms. The van der Waals surface area contributed by atoms with Gasteiger partial charge in [-0.25, -0.2) is 4.39 Å². The van der Waals surface area contributed by atoms with Crippen LogP contribution in [0, 0.1) is 5.82 Å². The van der Waals surface area contributed by atoms with Gasteiger partial charge in [-0.3, -0.25) is 4.79 Å². The molecule has 1 amide bonds. The number of hydrogen-bond donors (Lipinski definition) is 2. The molecular formula is C13H11ClFNO3. The quantitative estimate of drug-likeness (QED) is 0.906. The van der Waals surface area contributed by atoms with Crippen LogP contribution in [0.15, 0.2) is 41.0 Å². The van der Waals surface area contributed by atoms with Gasteiger partial charge in [-0.2, -0.15) is 0 Å². The predicted octanol–water partition coefficient (Wildman–Crippen LogP) is 2.54. The Morgan fingerprint density at radius 1 is 1.42 bits per heavy atom. The van der Waals surface area contributed by atoms with E-state index >= 15 is 0 Å². The minimum Gasteiger partial charge on any atom is -0.459 e. The average molecular weight is 284 g/mol. The Hall–Kier alpha value is -1.85. The maximum Gasteiger partial charge on any atom is 0.287 e. The smallest absolute Gasteiger partial charge is 0.287 e. The number of nitrogens with one attached hydrogen (secondary N) is 1. The highest BCUT2D eigenvalue weighted by atomic mass is 35.5. The fraction of sp³-hybridized carbons (Fsp3) is 0.154. The second kappa shape index (κ2) is 5.86. The molecular weight excluding hydrogens is 273 g/mol. The lowest BCUT2D eigenvalue weighted by molar-refractivity contribution is 0.0887. The third-order valence-electron chi connectivity index (χ3n) is 2.59. The van der Waals surface area contributed by atoms with Crippen molar-refractivity contribution in [2.24, 2.45) is 0 Å². The summed E-state index contributed by atoms with van der Waals surface area (Å²) in [5, 5.41) is 11.7. The molecule has 1 heterocycles. The molecule has 0 unspecified atom stereocenters. The Balaban J connectivity index is 2.21. The molecule has 0 saturated carbocycles. The fourth-order valence-corrected chi connectivity index (χ4v) is 1.83. The topological polar surface area (TPSA) is 62.5 Å². The number of aliphatic hydroxyl groups is 1. The van der Waals surface area contributed by atoms with Crippen LogP contribution in [0.5, 0.6) is 0 Å². The largest absolute Gasteiger partial charge is 0.459 e. The molecule has 1 atom stereocenters. The summed E-state index contributed by atoms with van der Waals surface area (Å²) in [5.41, 5.74) is 0.120. The average Bonchev–Trinajstić information content (AvgIpc) is 2.93. The minimum atomic E-state index is -0.892. The first-order valence-corrected chi connectivity index (χ1v) is 5.90. The molecule has 0 aliphatic rings. The SMILES string of the molecule is O=C(N[C@H](CO)c1cccc(Cl)c1F)c1ccco1. The van der Waals surface area contributed by atoms with Crippen molar-refractivity contribution in [2.75, 3.05) is 6.61 Å². The monoisotopic (exact) mass is 283 g/mol. The molecule has 19 heavy (non-hydrogen) atoms. The van der Waals surface area contributed by atoms with Crippen molar-refractivity contribution in [1.29, 1.82) is 0 Å². The molecule has 0 aliphatic carbocycles. The van der Waals surface area contributed by atoms with E-state index in [0.717, 1.165) is 0 Å². The molecule has 4 nitrogen and oxygen atoms in total. The zero-order valence-corrected chi connectivity index (χ0v) is 10.5. The van der Waals surface area contributed by atoms with E-state index in [2.05, 4.69) is 5.32 Å². The molecule has 2 rings (SSSR count). The molecule has 0 fully saturated rings. The van der Waals surface area contributed by atoms with Gasteiger partial charge in [-0.1, -0.05) is 23.7 Å². The van der Waals surface area contributed by atoms with Gasteiger partial charge in [0.1, 0.15) is 5.82 Å². The van der Waals surface area contributed by atoms with Crippen LogP contribution >= 0.6 is 11.6 Å². The summed E-state index contributed by atoms with van der Waals surface area (Å²) in [7, 11) is 0. The molecule has 2 N–H and O–H groups in total. The Morgan fingerprint density at radius 3 is 2.84 bits per heavy atom. The van der Waals surface area contributed by atoms with Gasteiger partial charge in [0.25, 0.3) is 5.91 Å². The maximum atomic E-state index is 13.8. The first-order valence-electron chi connectivity index (χ1n) is 5.52. The Kier molecular flexibility index (Phi) is 4.19. The Morgan fingerprint density at radius 2 is 2.21 bits per heavy atom. The van der Waals surface area contributed by atoms with E-state index in [-0.39, 0.29) is 16.3 Å². The van der Waals surface area contributed by atoms with Crippen LogP contribution in [0.4, 0.5) is 4.39 Å². The lowest BCUT2D eigenvalue weighted by atomic mass is 10.1. The zero-order chi connectivity index (χ0) is 13.8. The van der Waals surface area contributed by atoms with Crippen molar-refractivity contribution >= 4 is 17.5 Å². The van der Waals surface area contributed by atoms with Crippen molar-refractivity contribution in [1.82, 2.24) is 5.32 Å². The van der Waals surface area contributed by atoms with E-state index in [9.17, 15) is 14.3 Å². The number of halogens is 2. The molecule has 0 bridgehead atoms. The summed E-state index contributed by atoms with van der Waals surface area (Å²) >= 11 is 5.66. The third kappa shape index (κ3) is 2.94. The zero-order valence-electron chi connectivity index (χ0n) is 9.77. The molecule has 100 valence electrons. The molecule has 0 spiro atoms. The van der Waals surface area contributed by atoms with E-state index in [1.54, 1.807) is 12.1 Å². The summed E-state index contributed by atoms with van der Waals surface area (Å²) in [6.45, 7) is -0.455. The predicted molar refractivity (Wildman–Crippen MR) is 67.4 cm³/mol. The van der Waals surface area contributed by atoms with E-state index < -0.39 is 24.4 Å². The lowest BCUT2D eigenvalue weighted by Gasteiger charge is -2.17. The Bertz CT molecular complexity index is 571. The number of carbonyl (C=O) groups excluding carboxylic acids is 1. The molecule has 0 radical (unpaired) electrons. The van der Waals surface area contributed by atoms with E-state index in [1.807, 2.05) is 0 Å². The van der Waals surface area contributed by atoms with Gasteiger partial charge in [0.2, 0.25) is 0 Å². The van der Waals surface area contributed by atoms with E-state index in [4.69, 9.17) is 16.0 Å². The van der Waals surface area contributed by atoms with Gasteiger partial charge in [-0.15, -0.1) is 0 Å². The van der Waals surface area contributed by atoms with Gasteiger partial charge in [0.15, 0.2) is 5.76 Å². The first kappa shape index (κ1) is 13.6. The number of furan rings is 1. The molecule has 1 aromatic carbocycles. The summed E-state index contributed by atoms with van der Waals surface area (Å²) in [6.07, 6.45) is 1.35. The van der Waals surface area contributed by atoms with Crippen molar-refractivity contribution in [2.45, 2.75) is 6.04 Å². The van der Waals surface area contributed by atoms with Gasteiger partial charge >= 0.3 is 0 Å². The molecule has 0 aliphatic heterocycles. The van der Waals surface area contributed by atoms with E-state index in [0.29, 0.717) is 0 Å². The minimum absolute atomic E-state index is 0.0665. The number of amides is 1. The van der Waals surface area contributed by atoms with Crippen LogP contribution in [0.1, 0.15) is 22.2 Å². The van der Waals surface area contributed by atoms with Crippen molar-refractivity contribution in [3.63, 3.8) is 0 Å². The van der Waals surface area contributed by atoms with Crippen molar-refractivity contribution in [3.05, 3.63) is 58.8 Å². The summed E-state index contributed by atoms with van der Waals surface area (Å²) in [6, 6.07) is 6.52. The van der Waals surface area contributed by atoms with Crippen LogP contribution in [-0.4, -0.2) is 17.6 Å². The Labute approximate surface area is 113 Å². The number of benzene rings is 1. The van der Waals surface area contributed by atoms with Crippen LogP contribution in [0.3, 0.4) is 0 Å². The van der Waals surface area contributed by atoms with Gasteiger partial charge < -0.3 is 14.8 Å². The fourth-order valence-electron chi connectivity index (χ4n) is 1.65. The number of carbonyl (C=O) groups is 1. The van der Waals surface area contributed by atoms with E-state index in [1.165, 1.54) is 24.5 Å². The normalized spacial score (nSPS) is 12.2. The number of hydrogen-bond acceptors (Lipinski definition) is 3. The van der Waals surface area contributed by atoms with Crippen LogP contribution in [0.2, 0.25) is 5.02 Å². The maximum absolute atomic E-state index is 13.8. The lowest BCUT2D eigenvalue weighted by Crippen LogP contribution is -2.31. The first-order chi connectivity index (χ1) is 9.13. The molecule has 0 saturated heterocycles. The van der Waals surface area contributed by atoms with Crippen LogP contribution in [-0.2, 0) is 0 Å². The molecule has 2 aromatic rings. The second-order valence-corrected chi connectivity index (χ2v) is 4.24. The van der Waals surface area contributed by atoms with Crippen LogP contribution in [0.25, 0.3) is 0 Å². The highest BCUT2D eigenvalue weighted by molar-refractivity contribution is 6.30. The summed E-state index contributed by atoms with van der Waals surface area (Å²) in [4.78, 5) is 11.8. The highest BCUT2D eigenvalue weighted by Crippen LogP contribution is 2.23. The standard InChI is InChI=1S/C13H11ClFNO3/c14-9-4-1-3-8(12(9)15)10(7-17)16-13(18)11-5-2-6-19-11/h1-6,10,17H,7H2,(H,16,18)/t10-/m1/s1.